The summed E-state index contributed by atoms with van der Waals surface area (Å²) in [7, 11) is 1.66. The smallest absolute Gasteiger partial charge is 0.236 e. The standard InChI is InChI=1S/C20H31N3O3/c1-3-23(17-4-5-17)20(24)16-22-12-10-21(11-13-22)14-15-26-19-8-6-18(25-2)7-9-19/h6-9,17H,3-5,10-16H2,1-2H3. The first-order valence-corrected chi connectivity index (χ1v) is 9.70. The van der Waals surface area contributed by atoms with Crippen LogP contribution >= 0.6 is 0 Å². The number of amides is 1. The first-order chi connectivity index (χ1) is 12.7. The summed E-state index contributed by atoms with van der Waals surface area (Å²) in [5.41, 5.74) is 0. The Morgan fingerprint density at radius 1 is 1.08 bits per heavy atom. The molecule has 0 atom stereocenters. The Hall–Kier alpha value is -1.79. The van der Waals surface area contributed by atoms with E-state index >= 15 is 0 Å². The van der Waals surface area contributed by atoms with Gasteiger partial charge in [-0.3, -0.25) is 14.6 Å². The average Bonchev–Trinajstić information content (AvgIpc) is 3.49. The Morgan fingerprint density at radius 2 is 1.69 bits per heavy atom. The second-order valence-electron chi connectivity index (χ2n) is 7.05. The van der Waals surface area contributed by atoms with Crippen molar-refractivity contribution >= 4 is 5.91 Å². The van der Waals surface area contributed by atoms with Gasteiger partial charge < -0.3 is 14.4 Å². The molecule has 1 heterocycles. The summed E-state index contributed by atoms with van der Waals surface area (Å²) in [5, 5.41) is 0. The van der Waals surface area contributed by atoms with Gasteiger partial charge in [0.05, 0.1) is 13.7 Å². The highest BCUT2D eigenvalue weighted by Gasteiger charge is 2.32. The molecule has 3 rings (SSSR count). The molecule has 1 saturated heterocycles. The molecular weight excluding hydrogens is 330 g/mol. The van der Waals surface area contributed by atoms with Crippen molar-refractivity contribution in [3.05, 3.63) is 24.3 Å². The summed E-state index contributed by atoms with van der Waals surface area (Å²) in [6, 6.07) is 8.20. The number of carbonyl (C=O) groups excluding carboxylic acids is 1. The lowest BCUT2D eigenvalue weighted by Crippen LogP contribution is -2.51. The second-order valence-corrected chi connectivity index (χ2v) is 7.05. The Kier molecular flexibility index (Phi) is 6.74. The maximum atomic E-state index is 12.4. The van der Waals surface area contributed by atoms with Gasteiger partial charge in [0.1, 0.15) is 18.1 Å². The molecule has 0 spiro atoms. The maximum Gasteiger partial charge on any atom is 0.236 e. The van der Waals surface area contributed by atoms with Crippen LogP contribution in [0.25, 0.3) is 0 Å². The van der Waals surface area contributed by atoms with Crippen LogP contribution in [0.3, 0.4) is 0 Å². The number of methoxy groups -OCH3 is 1. The van der Waals surface area contributed by atoms with E-state index in [1.165, 1.54) is 12.8 Å². The number of hydrogen-bond acceptors (Lipinski definition) is 5. The van der Waals surface area contributed by atoms with Gasteiger partial charge in [0, 0.05) is 45.3 Å². The molecule has 6 nitrogen and oxygen atoms in total. The summed E-state index contributed by atoms with van der Waals surface area (Å²) in [6.07, 6.45) is 2.36. The van der Waals surface area contributed by atoms with Gasteiger partial charge in [-0.05, 0) is 44.0 Å². The van der Waals surface area contributed by atoms with Crippen LogP contribution in [0.1, 0.15) is 19.8 Å². The Bertz CT molecular complexity index is 566. The van der Waals surface area contributed by atoms with Crippen LogP contribution in [0.5, 0.6) is 11.5 Å². The topological polar surface area (TPSA) is 45.3 Å². The molecule has 2 aliphatic rings. The van der Waals surface area contributed by atoms with Crippen LogP contribution in [0.15, 0.2) is 24.3 Å². The van der Waals surface area contributed by atoms with Crippen molar-refractivity contribution in [2.45, 2.75) is 25.8 Å². The molecular formula is C20H31N3O3. The Labute approximate surface area is 156 Å². The minimum Gasteiger partial charge on any atom is -0.497 e. The molecule has 26 heavy (non-hydrogen) atoms. The Balaban J connectivity index is 1.32. The molecule has 1 aliphatic heterocycles. The van der Waals surface area contributed by atoms with Gasteiger partial charge in [-0.25, -0.2) is 0 Å². The number of piperazine rings is 1. The number of likely N-dealkylation sites (N-methyl/N-ethyl adjacent to an activating group) is 1. The van der Waals surface area contributed by atoms with E-state index < -0.39 is 0 Å². The predicted molar refractivity (Wildman–Crippen MR) is 102 cm³/mol. The molecule has 1 aromatic rings. The molecule has 0 unspecified atom stereocenters. The van der Waals surface area contributed by atoms with Crippen LogP contribution in [0.2, 0.25) is 0 Å². The number of benzene rings is 1. The van der Waals surface area contributed by atoms with Crippen molar-refractivity contribution < 1.29 is 14.3 Å². The molecule has 0 aromatic heterocycles. The van der Waals surface area contributed by atoms with E-state index in [-0.39, 0.29) is 0 Å². The van der Waals surface area contributed by atoms with E-state index in [2.05, 4.69) is 21.6 Å². The molecule has 1 aliphatic carbocycles. The van der Waals surface area contributed by atoms with Crippen molar-refractivity contribution in [1.29, 1.82) is 0 Å². The average molecular weight is 361 g/mol. The van der Waals surface area contributed by atoms with E-state index in [1.54, 1.807) is 7.11 Å². The van der Waals surface area contributed by atoms with Crippen molar-refractivity contribution in [3.8, 4) is 11.5 Å². The molecule has 2 fully saturated rings. The monoisotopic (exact) mass is 361 g/mol. The summed E-state index contributed by atoms with van der Waals surface area (Å²) < 4.78 is 11.0. The zero-order chi connectivity index (χ0) is 18.4. The molecule has 0 radical (unpaired) electrons. The van der Waals surface area contributed by atoms with E-state index in [1.807, 2.05) is 24.3 Å². The molecule has 1 amide bonds. The molecule has 144 valence electrons. The van der Waals surface area contributed by atoms with Gasteiger partial charge in [-0.1, -0.05) is 0 Å². The summed E-state index contributed by atoms with van der Waals surface area (Å²) >= 11 is 0. The lowest BCUT2D eigenvalue weighted by Gasteiger charge is -2.35. The molecule has 1 saturated carbocycles. The quantitative estimate of drug-likeness (QED) is 0.670. The van der Waals surface area contributed by atoms with E-state index in [0.29, 0.717) is 25.1 Å². The third kappa shape index (κ3) is 5.35. The van der Waals surface area contributed by atoms with Gasteiger partial charge in [0.2, 0.25) is 5.91 Å². The van der Waals surface area contributed by atoms with Crippen molar-refractivity contribution in [3.63, 3.8) is 0 Å². The summed E-state index contributed by atoms with van der Waals surface area (Å²) in [5.74, 6) is 2.01. The van der Waals surface area contributed by atoms with Crippen LogP contribution < -0.4 is 9.47 Å². The number of rotatable bonds is 9. The predicted octanol–water partition coefficient (Wildman–Crippen LogP) is 1.70. The van der Waals surface area contributed by atoms with Crippen LogP contribution in [-0.4, -0.2) is 86.2 Å². The van der Waals surface area contributed by atoms with Crippen molar-refractivity contribution in [1.82, 2.24) is 14.7 Å². The zero-order valence-electron chi connectivity index (χ0n) is 16.0. The molecule has 0 N–H and O–H groups in total. The fraction of sp³-hybridized carbons (Fsp3) is 0.650. The molecule has 0 bridgehead atoms. The van der Waals surface area contributed by atoms with E-state index in [0.717, 1.165) is 50.8 Å². The normalized spacial score (nSPS) is 18.5. The first kappa shape index (κ1) is 19.0. The van der Waals surface area contributed by atoms with E-state index in [9.17, 15) is 4.79 Å². The summed E-state index contributed by atoms with van der Waals surface area (Å²) in [4.78, 5) is 19.2. The molecule has 6 heteroatoms. The maximum absolute atomic E-state index is 12.4. The fourth-order valence-corrected chi connectivity index (χ4v) is 3.44. The summed E-state index contributed by atoms with van der Waals surface area (Å²) in [6.45, 7) is 8.98. The zero-order valence-corrected chi connectivity index (χ0v) is 16.0. The van der Waals surface area contributed by atoms with Crippen molar-refractivity contribution in [2.75, 3.05) is 59.5 Å². The third-order valence-electron chi connectivity index (χ3n) is 5.21. The van der Waals surface area contributed by atoms with Gasteiger partial charge >= 0.3 is 0 Å². The van der Waals surface area contributed by atoms with Crippen LogP contribution in [0.4, 0.5) is 0 Å². The minimum absolute atomic E-state index is 0.297. The number of ether oxygens (including phenoxy) is 2. The number of nitrogens with zero attached hydrogens (tertiary/aromatic N) is 3. The first-order valence-electron chi connectivity index (χ1n) is 9.70. The lowest BCUT2D eigenvalue weighted by atomic mass is 10.3. The Morgan fingerprint density at radius 3 is 2.27 bits per heavy atom. The van der Waals surface area contributed by atoms with Gasteiger partial charge in [0.25, 0.3) is 0 Å². The lowest BCUT2D eigenvalue weighted by molar-refractivity contribution is -0.133. The number of carbonyl (C=O) groups is 1. The fourth-order valence-electron chi connectivity index (χ4n) is 3.44. The van der Waals surface area contributed by atoms with Crippen molar-refractivity contribution in [2.24, 2.45) is 0 Å². The SMILES string of the molecule is CCN(C(=O)CN1CCN(CCOc2ccc(OC)cc2)CC1)C1CC1. The highest BCUT2D eigenvalue weighted by molar-refractivity contribution is 5.78. The number of hydrogen-bond donors (Lipinski definition) is 0. The highest BCUT2D eigenvalue weighted by Crippen LogP contribution is 2.26. The third-order valence-corrected chi connectivity index (χ3v) is 5.21. The van der Waals surface area contributed by atoms with Gasteiger partial charge in [-0.15, -0.1) is 0 Å². The minimum atomic E-state index is 0.297. The van der Waals surface area contributed by atoms with E-state index in [4.69, 9.17) is 9.47 Å². The second kappa shape index (κ2) is 9.24. The van der Waals surface area contributed by atoms with Crippen LogP contribution in [-0.2, 0) is 4.79 Å². The highest BCUT2D eigenvalue weighted by atomic mass is 16.5. The van der Waals surface area contributed by atoms with Gasteiger partial charge in [-0.2, -0.15) is 0 Å². The van der Waals surface area contributed by atoms with Crippen LogP contribution in [0, 0.1) is 0 Å². The largest absolute Gasteiger partial charge is 0.497 e. The van der Waals surface area contributed by atoms with Gasteiger partial charge in [0.15, 0.2) is 0 Å². The molecule has 1 aromatic carbocycles.